The van der Waals surface area contributed by atoms with Crippen LogP contribution in [0, 0.1) is 5.92 Å². The van der Waals surface area contributed by atoms with E-state index >= 15 is 0 Å². The zero-order valence-corrected chi connectivity index (χ0v) is 23.8. The first-order valence-electron chi connectivity index (χ1n) is 13.9. The van der Waals surface area contributed by atoms with E-state index < -0.39 is 17.6 Å². The second-order valence-electron chi connectivity index (χ2n) is 11.3. The van der Waals surface area contributed by atoms with Crippen LogP contribution in [0.4, 0.5) is 16.2 Å². The van der Waals surface area contributed by atoms with Crippen molar-refractivity contribution in [2.75, 3.05) is 23.4 Å². The van der Waals surface area contributed by atoms with Gasteiger partial charge in [0.15, 0.2) is 0 Å². The summed E-state index contributed by atoms with van der Waals surface area (Å²) in [7, 11) is 0. The fourth-order valence-corrected chi connectivity index (χ4v) is 5.10. The van der Waals surface area contributed by atoms with Gasteiger partial charge in [0.1, 0.15) is 6.04 Å². The van der Waals surface area contributed by atoms with Crippen LogP contribution < -0.4 is 26.6 Å². The lowest BCUT2D eigenvalue weighted by atomic mass is 9.94. The number of amides is 4. The van der Waals surface area contributed by atoms with Crippen molar-refractivity contribution in [1.29, 1.82) is 0 Å². The largest absolute Gasteiger partial charge is 0.395 e. The molecule has 0 saturated carbocycles. The van der Waals surface area contributed by atoms with E-state index in [0.717, 1.165) is 27.9 Å². The minimum atomic E-state index is -0.678. The van der Waals surface area contributed by atoms with Crippen LogP contribution in [0.1, 0.15) is 38.3 Å². The standard InChI is InChI=1S/C32H39N5O4/c1-21-18-24-8-4-7-11-27(24)37(30(40)29(21)36-28(39)19-32(2,3)33)20-22-12-14-23(15-13-22)25-9-5-6-10-26(25)35-31(41)34-16-17-38/h4-15,21,29,38H,16-20,33H2,1-3H3,(H,36,39)(H2,34,35,41). The Morgan fingerprint density at radius 3 is 2.41 bits per heavy atom. The molecule has 1 heterocycles. The fourth-order valence-electron chi connectivity index (χ4n) is 5.10. The predicted octanol–water partition coefficient (Wildman–Crippen LogP) is 3.81. The van der Waals surface area contributed by atoms with Crippen molar-refractivity contribution in [2.45, 2.75) is 51.7 Å². The number of para-hydroxylation sites is 2. The van der Waals surface area contributed by atoms with Gasteiger partial charge in [-0.15, -0.1) is 0 Å². The van der Waals surface area contributed by atoms with E-state index in [2.05, 4.69) is 16.0 Å². The summed E-state index contributed by atoms with van der Waals surface area (Å²) >= 11 is 0. The van der Waals surface area contributed by atoms with Gasteiger partial charge >= 0.3 is 6.03 Å². The molecular weight excluding hydrogens is 518 g/mol. The maximum Gasteiger partial charge on any atom is 0.319 e. The molecule has 1 aliphatic heterocycles. The van der Waals surface area contributed by atoms with Crippen LogP contribution >= 0.6 is 0 Å². The average molecular weight is 558 g/mol. The summed E-state index contributed by atoms with van der Waals surface area (Å²) in [6, 6.07) is 22.1. The van der Waals surface area contributed by atoms with Crippen LogP contribution in [-0.4, -0.2) is 47.7 Å². The van der Waals surface area contributed by atoms with Crippen LogP contribution in [0.3, 0.4) is 0 Å². The number of fused-ring (bicyclic) bond motifs is 1. The number of carbonyl (C=O) groups excluding carboxylic acids is 3. The van der Waals surface area contributed by atoms with Gasteiger partial charge in [-0.2, -0.15) is 0 Å². The second kappa shape index (κ2) is 13.0. The van der Waals surface area contributed by atoms with Crippen molar-refractivity contribution in [3.63, 3.8) is 0 Å². The lowest BCUT2D eigenvalue weighted by molar-refractivity contribution is -0.129. The van der Waals surface area contributed by atoms with E-state index in [1.54, 1.807) is 18.7 Å². The second-order valence-corrected chi connectivity index (χ2v) is 11.3. The molecule has 9 nitrogen and oxygen atoms in total. The quantitative estimate of drug-likeness (QED) is 0.273. The van der Waals surface area contributed by atoms with Crippen molar-refractivity contribution in [3.8, 4) is 11.1 Å². The molecule has 9 heteroatoms. The molecule has 216 valence electrons. The molecule has 1 aliphatic rings. The number of hydrogen-bond acceptors (Lipinski definition) is 5. The number of hydrogen-bond donors (Lipinski definition) is 5. The van der Waals surface area contributed by atoms with E-state index in [-0.39, 0.29) is 37.3 Å². The summed E-state index contributed by atoms with van der Waals surface area (Å²) in [5, 5.41) is 17.3. The van der Waals surface area contributed by atoms with E-state index in [9.17, 15) is 14.4 Å². The van der Waals surface area contributed by atoms with Gasteiger partial charge in [-0.1, -0.05) is 67.6 Å². The molecule has 0 bridgehead atoms. The van der Waals surface area contributed by atoms with Crippen LogP contribution in [-0.2, 0) is 22.6 Å². The summed E-state index contributed by atoms with van der Waals surface area (Å²) in [6.07, 6.45) is 0.779. The Bertz CT molecular complexity index is 1380. The third-order valence-corrected chi connectivity index (χ3v) is 7.04. The molecule has 0 fully saturated rings. The molecule has 0 aliphatic carbocycles. The fraction of sp³-hybridized carbons (Fsp3) is 0.344. The van der Waals surface area contributed by atoms with Crippen molar-refractivity contribution >= 4 is 29.2 Å². The van der Waals surface area contributed by atoms with E-state index in [1.807, 2.05) is 79.7 Å². The molecule has 6 N–H and O–H groups in total. The zero-order valence-electron chi connectivity index (χ0n) is 23.8. The predicted molar refractivity (Wildman–Crippen MR) is 161 cm³/mol. The highest BCUT2D eigenvalue weighted by molar-refractivity contribution is 6.01. The number of anilines is 2. The Labute approximate surface area is 241 Å². The summed E-state index contributed by atoms with van der Waals surface area (Å²) in [6.45, 7) is 5.92. The molecular formula is C32H39N5O4. The van der Waals surface area contributed by atoms with E-state index in [1.165, 1.54) is 0 Å². The molecule has 2 unspecified atom stereocenters. The maximum absolute atomic E-state index is 14.0. The highest BCUT2D eigenvalue weighted by Crippen LogP contribution is 2.32. The first-order valence-corrected chi connectivity index (χ1v) is 13.9. The minimum absolute atomic E-state index is 0.0977. The number of rotatable bonds is 9. The van der Waals surface area contributed by atoms with Crippen molar-refractivity contribution in [2.24, 2.45) is 11.7 Å². The number of urea groups is 1. The number of carbonyl (C=O) groups is 3. The zero-order chi connectivity index (χ0) is 29.6. The number of nitrogens with two attached hydrogens (primary N) is 1. The number of nitrogens with one attached hydrogen (secondary N) is 3. The highest BCUT2D eigenvalue weighted by Gasteiger charge is 2.36. The SMILES string of the molecule is CC1Cc2ccccc2N(Cc2ccc(-c3ccccc3NC(=O)NCCO)cc2)C(=O)C1NC(=O)CC(C)(C)N. The Morgan fingerprint density at radius 2 is 1.71 bits per heavy atom. The summed E-state index contributed by atoms with van der Waals surface area (Å²) in [5.74, 6) is -0.493. The van der Waals surface area contributed by atoms with Crippen molar-refractivity contribution in [3.05, 3.63) is 83.9 Å². The van der Waals surface area contributed by atoms with Crippen LogP contribution in [0.25, 0.3) is 11.1 Å². The van der Waals surface area contributed by atoms with Gasteiger partial charge in [-0.05, 0) is 55.0 Å². The molecule has 2 atom stereocenters. The van der Waals surface area contributed by atoms with Crippen LogP contribution in [0.5, 0.6) is 0 Å². The van der Waals surface area contributed by atoms with Gasteiger partial charge in [-0.25, -0.2) is 4.79 Å². The Balaban J connectivity index is 1.57. The van der Waals surface area contributed by atoms with Gasteiger partial charge in [-0.3, -0.25) is 9.59 Å². The van der Waals surface area contributed by atoms with Crippen molar-refractivity contribution in [1.82, 2.24) is 10.6 Å². The van der Waals surface area contributed by atoms with Crippen LogP contribution in [0.2, 0.25) is 0 Å². The molecule has 4 rings (SSSR count). The molecule has 0 aromatic heterocycles. The number of aliphatic hydroxyl groups is 1. The smallest absolute Gasteiger partial charge is 0.319 e. The van der Waals surface area contributed by atoms with Gasteiger partial charge in [0.05, 0.1) is 18.8 Å². The molecule has 0 radical (unpaired) electrons. The molecule has 41 heavy (non-hydrogen) atoms. The van der Waals surface area contributed by atoms with Gasteiger partial charge in [0.2, 0.25) is 11.8 Å². The number of nitrogens with zero attached hydrogens (tertiary/aromatic N) is 1. The molecule has 3 aromatic carbocycles. The first-order chi connectivity index (χ1) is 19.6. The lowest BCUT2D eigenvalue weighted by Gasteiger charge is -2.29. The van der Waals surface area contributed by atoms with Crippen LogP contribution in [0.15, 0.2) is 72.8 Å². The monoisotopic (exact) mass is 557 g/mol. The molecule has 0 saturated heterocycles. The van der Waals surface area contributed by atoms with Gasteiger partial charge < -0.3 is 31.7 Å². The molecule has 3 aromatic rings. The minimum Gasteiger partial charge on any atom is -0.395 e. The average Bonchev–Trinajstić information content (AvgIpc) is 3.02. The Morgan fingerprint density at radius 1 is 1.02 bits per heavy atom. The topological polar surface area (TPSA) is 137 Å². The maximum atomic E-state index is 14.0. The van der Waals surface area contributed by atoms with E-state index in [4.69, 9.17) is 10.8 Å². The highest BCUT2D eigenvalue weighted by atomic mass is 16.3. The normalized spacial score (nSPS) is 16.9. The number of benzene rings is 3. The summed E-state index contributed by atoms with van der Waals surface area (Å²) in [5.41, 5.74) is 10.6. The molecule has 0 spiro atoms. The lowest BCUT2D eigenvalue weighted by Crippen LogP contribution is -2.52. The van der Waals surface area contributed by atoms with E-state index in [0.29, 0.717) is 18.7 Å². The summed E-state index contributed by atoms with van der Waals surface area (Å²) in [4.78, 5) is 40.7. The summed E-state index contributed by atoms with van der Waals surface area (Å²) < 4.78 is 0. The third-order valence-electron chi connectivity index (χ3n) is 7.04. The Hall–Kier alpha value is -4.21. The third kappa shape index (κ3) is 7.71. The molecule has 4 amide bonds. The Kier molecular flexibility index (Phi) is 9.42. The van der Waals surface area contributed by atoms with Crippen molar-refractivity contribution < 1.29 is 19.5 Å². The van der Waals surface area contributed by atoms with Gasteiger partial charge in [0, 0.05) is 29.8 Å². The number of aliphatic hydroxyl groups excluding tert-OH is 1. The first kappa shape index (κ1) is 29.8. The van der Waals surface area contributed by atoms with Gasteiger partial charge in [0.25, 0.3) is 0 Å².